The van der Waals surface area contributed by atoms with E-state index < -0.39 is 0 Å². The largest absolute Gasteiger partial charge is 0.496 e. The Bertz CT molecular complexity index is 492. The van der Waals surface area contributed by atoms with Crippen LogP contribution in [-0.4, -0.2) is 62.6 Å². The molecule has 0 aromatic heterocycles. The number of nitrogens with zero attached hydrogens (tertiary/aromatic N) is 2. The van der Waals surface area contributed by atoms with Gasteiger partial charge in [0.1, 0.15) is 5.75 Å². The Morgan fingerprint density at radius 1 is 1.32 bits per heavy atom. The minimum Gasteiger partial charge on any atom is -0.496 e. The third-order valence-electron chi connectivity index (χ3n) is 3.69. The van der Waals surface area contributed by atoms with Gasteiger partial charge in [0.05, 0.1) is 13.7 Å². The molecule has 1 saturated heterocycles. The monoisotopic (exact) mass is 347 g/mol. The molecule has 1 amide bonds. The second-order valence-electron chi connectivity index (χ2n) is 5.14. The van der Waals surface area contributed by atoms with Crippen LogP contribution in [0.15, 0.2) is 18.2 Å². The number of rotatable bonds is 5. The predicted octanol–water partition coefficient (Wildman–Crippen LogP) is 1.63. The topological polar surface area (TPSA) is 44.8 Å². The van der Waals surface area contributed by atoms with Gasteiger partial charge in [-0.25, -0.2) is 0 Å². The van der Waals surface area contributed by atoms with Crippen molar-refractivity contribution in [3.05, 3.63) is 28.8 Å². The Kier molecular flexibility index (Phi) is 7.96. The Balaban J connectivity index is 0.00000242. The van der Waals surface area contributed by atoms with Gasteiger partial charge in [-0.1, -0.05) is 11.6 Å². The van der Waals surface area contributed by atoms with Crippen molar-refractivity contribution in [3.63, 3.8) is 0 Å². The number of piperazine rings is 1. The van der Waals surface area contributed by atoms with Crippen molar-refractivity contribution < 1.29 is 9.53 Å². The Morgan fingerprint density at radius 3 is 2.59 bits per heavy atom. The highest BCUT2D eigenvalue weighted by Crippen LogP contribution is 2.24. The summed E-state index contributed by atoms with van der Waals surface area (Å²) in [5.74, 6) is 1.02. The molecule has 0 atom stereocenters. The van der Waals surface area contributed by atoms with E-state index in [1.54, 1.807) is 14.2 Å². The number of hydrogen-bond acceptors (Lipinski definition) is 4. The normalized spacial score (nSPS) is 15.3. The molecule has 7 heteroatoms. The smallest absolute Gasteiger partial charge is 0.236 e. The van der Waals surface area contributed by atoms with E-state index in [9.17, 15) is 4.79 Å². The fourth-order valence-electron chi connectivity index (χ4n) is 2.53. The predicted molar refractivity (Wildman–Crippen MR) is 91.0 cm³/mol. The number of benzene rings is 1. The lowest BCUT2D eigenvalue weighted by atomic mass is 10.1. The van der Waals surface area contributed by atoms with Crippen LogP contribution in [0.2, 0.25) is 5.02 Å². The van der Waals surface area contributed by atoms with E-state index in [1.165, 1.54) is 0 Å². The van der Waals surface area contributed by atoms with Gasteiger partial charge < -0.3 is 15.0 Å². The number of methoxy groups -OCH3 is 1. The fourth-order valence-corrected chi connectivity index (χ4v) is 2.72. The summed E-state index contributed by atoms with van der Waals surface area (Å²) in [6.45, 7) is 4.46. The van der Waals surface area contributed by atoms with Crippen LogP contribution in [0.1, 0.15) is 5.56 Å². The van der Waals surface area contributed by atoms with Crippen molar-refractivity contribution in [3.8, 4) is 5.75 Å². The van der Waals surface area contributed by atoms with E-state index in [0.29, 0.717) is 11.6 Å². The number of nitrogens with one attached hydrogen (secondary N) is 1. The van der Waals surface area contributed by atoms with Crippen molar-refractivity contribution in [2.75, 3.05) is 46.9 Å². The first-order chi connectivity index (χ1) is 10.1. The molecular weight excluding hydrogens is 325 g/mol. The maximum atomic E-state index is 11.8. The fraction of sp³-hybridized carbons (Fsp3) is 0.533. The van der Waals surface area contributed by atoms with E-state index in [1.807, 2.05) is 23.1 Å². The van der Waals surface area contributed by atoms with Gasteiger partial charge in [-0.15, -0.1) is 12.4 Å². The van der Waals surface area contributed by atoms with Gasteiger partial charge in [-0.3, -0.25) is 9.69 Å². The highest BCUT2D eigenvalue weighted by Gasteiger charge is 2.21. The second kappa shape index (κ2) is 9.20. The molecule has 0 bridgehead atoms. The molecule has 1 aliphatic rings. The zero-order valence-electron chi connectivity index (χ0n) is 13.0. The quantitative estimate of drug-likeness (QED) is 0.879. The van der Waals surface area contributed by atoms with Crippen LogP contribution in [0.25, 0.3) is 0 Å². The van der Waals surface area contributed by atoms with E-state index in [-0.39, 0.29) is 18.3 Å². The summed E-state index contributed by atoms with van der Waals surface area (Å²) < 4.78 is 5.38. The molecule has 1 fully saturated rings. The third kappa shape index (κ3) is 5.02. The first-order valence-electron chi connectivity index (χ1n) is 7.11. The summed E-state index contributed by atoms with van der Waals surface area (Å²) >= 11 is 6.06. The highest BCUT2D eigenvalue weighted by molar-refractivity contribution is 6.30. The molecule has 22 heavy (non-hydrogen) atoms. The van der Waals surface area contributed by atoms with Crippen LogP contribution in [-0.2, 0) is 11.3 Å². The molecule has 0 spiro atoms. The summed E-state index contributed by atoms with van der Waals surface area (Å²) in [7, 11) is 3.46. The zero-order chi connectivity index (χ0) is 15.2. The van der Waals surface area contributed by atoms with E-state index in [0.717, 1.165) is 44.0 Å². The molecule has 1 aliphatic heterocycles. The van der Waals surface area contributed by atoms with Gasteiger partial charge in [0.25, 0.3) is 0 Å². The lowest BCUT2D eigenvalue weighted by Crippen LogP contribution is -2.50. The number of likely N-dealkylation sites (N-methyl/N-ethyl adjacent to an activating group) is 1. The van der Waals surface area contributed by atoms with Crippen LogP contribution >= 0.6 is 24.0 Å². The molecule has 0 radical (unpaired) electrons. The van der Waals surface area contributed by atoms with Gasteiger partial charge >= 0.3 is 0 Å². The maximum absolute atomic E-state index is 11.8. The van der Waals surface area contributed by atoms with Gasteiger partial charge in [-0.05, 0) is 25.2 Å². The summed E-state index contributed by atoms with van der Waals surface area (Å²) in [6, 6.07) is 5.67. The summed E-state index contributed by atoms with van der Waals surface area (Å²) in [5.41, 5.74) is 1.08. The molecule has 0 aliphatic carbocycles. The van der Waals surface area contributed by atoms with E-state index in [2.05, 4.69) is 10.2 Å². The zero-order valence-corrected chi connectivity index (χ0v) is 14.5. The Labute approximate surface area is 143 Å². The van der Waals surface area contributed by atoms with Crippen LogP contribution in [0.5, 0.6) is 5.75 Å². The number of carbonyl (C=O) groups is 1. The molecule has 1 aromatic carbocycles. The minimum atomic E-state index is 0. The second-order valence-corrected chi connectivity index (χ2v) is 5.58. The average Bonchev–Trinajstić information content (AvgIpc) is 2.48. The molecule has 1 N–H and O–H groups in total. The number of ether oxygens (including phenoxy) is 1. The van der Waals surface area contributed by atoms with Gasteiger partial charge in [0, 0.05) is 43.3 Å². The average molecular weight is 348 g/mol. The first kappa shape index (κ1) is 19.0. The number of carbonyl (C=O) groups excluding carboxylic acids is 1. The maximum Gasteiger partial charge on any atom is 0.236 e. The van der Waals surface area contributed by atoms with Crippen molar-refractivity contribution in [1.29, 1.82) is 0 Å². The summed E-state index contributed by atoms with van der Waals surface area (Å²) in [5, 5.41) is 3.62. The lowest BCUT2D eigenvalue weighted by Gasteiger charge is -2.35. The molecule has 5 nitrogen and oxygen atoms in total. The number of amides is 1. The minimum absolute atomic E-state index is 0. The molecule has 1 heterocycles. The standard InChI is InChI=1S/C15H22ClN3O2.ClH/c1-17-10-15(20)19-7-5-18(6-8-19)11-12-9-13(16)3-4-14(12)21-2;/h3-4,9,17H,5-8,10-11H2,1-2H3;1H. The SMILES string of the molecule is CNCC(=O)N1CCN(Cc2cc(Cl)ccc2OC)CC1.Cl. The molecule has 0 unspecified atom stereocenters. The number of hydrogen-bond donors (Lipinski definition) is 1. The van der Waals surface area contributed by atoms with Crippen molar-refractivity contribution in [2.45, 2.75) is 6.54 Å². The van der Waals surface area contributed by atoms with Gasteiger partial charge in [0.2, 0.25) is 5.91 Å². The third-order valence-corrected chi connectivity index (χ3v) is 3.92. The van der Waals surface area contributed by atoms with Crippen LogP contribution in [0.3, 0.4) is 0 Å². The number of halogens is 2. The van der Waals surface area contributed by atoms with Crippen molar-refractivity contribution in [2.24, 2.45) is 0 Å². The molecule has 2 rings (SSSR count). The van der Waals surface area contributed by atoms with E-state index in [4.69, 9.17) is 16.3 Å². The first-order valence-corrected chi connectivity index (χ1v) is 7.49. The summed E-state index contributed by atoms with van der Waals surface area (Å²) in [4.78, 5) is 16.0. The molecule has 0 saturated carbocycles. The lowest BCUT2D eigenvalue weighted by molar-refractivity contribution is -0.131. The Hall–Kier alpha value is -1.01. The highest BCUT2D eigenvalue weighted by atomic mass is 35.5. The molecule has 1 aromatic rings. The van der Waals surface area contributed by atoms with E-state index >= 15 is 0 Å². The van der Waals surface area contributed by atoms with Gasteiger partial charge in [-0.2, -0.15) is 0 Å². The summed E-state index contributed by atoms with van der Waals surface area (Å²) in [6.07, 6.45) is 0. The van der Waals surface area contributed by atoms with Crippen molar-refractivity contribution >= 4 is 29.9 Å². The van der Waals surface area contributed by atoms with Crippen LogP contribution < -0.4 is 10.1 Å². The van der Waals surface area contributed by atoms with Gasteiger partial charge in [0.15, 0.2) is 0 Å². The molecule has 124 valence electrons. The van der Waals surface area contributed by atoms with Crippen LogP contribution in [0.4, 0.5) is 0 Å². The molecular formula is C15H23Cl2N3O2. The van der Waals surface area contributed by atoms with Crippen LogP contribution in [0, 0.1) is 0 Å². The Morgan fingerprint density at radius 2 is 2.00 bits per heavy atom. The van der Waals surface area contributed by atoms with Crippen molar-refractivity contribution in [1.82, 2.24) is 15.1 Å².